The van der Waals surface area contributed by atoms with Crippen molar-refractivity contribution in [1.29, 1.82) is 0 Å². The van der Waals surface area contributed by atoms with Crippen LogP contribution in [0.5, 0.6) is 11.5 Å². The molecule has 2 rings (SSSR count). The molecule has 0 saturated carbocycles. The molecule has 0 radical (unpaired) electrons. The Morgan fingerprint density at radius 2 is 1.91 bits per heavy atom. The average molecular weight is 329 g/mol. The van der Waals surface area contributed by atoms with E-state index in [4.69, 9.17) is 15.2 Å². The van der Waals surface area contributed by atoms with E-state index in [1.165, 1.54) is 0 Å². The molecule has 2 unspecified atom stereocenters. The van der Waals surface area contributed by atoms with Crippen molar-refractivity contribution in [2.45, 2.75) is 25.8 Å². The van der Waals surface area contributed by atoms with E-state index in [2.05, 4.69) is 6.92 Å². The molecule has 0 spiro atoms. The van der Waals surface area contributed by atoms with Crippen molar-refractivity contribution in [1.82, 2.24) is 4.90 Å². The van der Waals surface area contributed by atoms with Crippen molar-refractivity contribution in [2.24, 2.45) is 11.7 Å². The summed E-state index contributed by atoms with van der Waals surface area (Å²) in [5, 5.41) is 0. The lowest BCUT2D eigenvalue weighted by Gasteiger charge is -2.22. The van der Waals surface area contributed by atoms with Crippen molar-refractivity contribution in [3.63, 3.8) is 0 Å². The number of rotatable bonds is 5. The average Bonchev–Trinajstić information content (AvgIpc) is 2.88. The predicted molar refractivity (Wildman–Crippen MR) is 88.8 cm³/mol. The van der Waals surface area contributed by atoms with Gasteiger partial charge in [-0.1, -0.05) is 6.07 Å². The largest absolute Gasteiger partial charge is 0.496 e. The Bertz CT molecular complexity index is 488. The summed E-state index contributed by atoms with van der Waals surface area (Å²) in [5.74, 6) is 1.87. The molecule has 1 aliphatic rings. The standard InChI is InChI=1S/C16H24N2O3.ClH/c1-11-7-12(9-17)10-18(11)16(19)8-13-14(20-2)5-4-6-15(13)21-3;/h4-6,11-12H,7-10,17H2,1-3H3;1H. The molecule has 1 saturated heterocycles. The molecule has 22 heavy (non-hydrogen) atoms. The second-order valence-electron chi connectivity index (χ2n) is 5.55. The molecular formula is C16H25ClN2O3. The van der Waals surface area contributed by atoms with Gasteiger partial charge in [0.05, 0.1) is 20.6 Å². The maximum atomic E-state index is 12.6. The van der Waals surface area contributed by atoms with Gasteiger partial charge in [0.2, 0.25) is 5.91 Å². The number of amides is 1. The van der Waals surface area contributed by atoms with Gasteiger partial charge in [0.1, 0.15) is 11.5 Å². The first-order chi connectivity index (χ1) is 10.1. The highest BCUT2D eigenvalue weighted by molar-refractivity contribution is 5.85. The molecule has 124 valence electrons. The van der Waals surface area contributed by atoms with Crippen LogP contribution >= 0.6 is 12.4 Å². The lowest BCUT2D eigenvalue weighted by molar-refractivity contribution is -0.131. The Hall–Kier alpha value is -1.46. The first kappa shape index (κ1) is 18.6. The number of benzene rings is 1. The minimum atomic E-state index is 0. The Kier molecular flexibility index (Phi) is 6.97. The smallest absolute Gasteiger partial charge is 0.227 e. The highest BCUT2D eigenvalue weighted by Gasteiger charge is 2.32. The van der Waals surface area contributed by atoms with E-state index in [-0.39, 0.29) is 30.8 Å². The van der Waals surface area contributed by atoms with Gasteiger partial charge < -0.3 is 20.1 Å². The van der Waals surface area contributed by atoms with Crippen LogP contribution in [0.3, 0.4) is 0 Å². The van der Waals surface area contributed by atoms with Crippen molar-refractivity contribution in [3.05, 3.63) is 23.8 Å². The van der Waals surface area contributed by atoms with Gasteiger partial charge in [0.15, 0.2) is 0 Å². The van der Waals surface area contributed by atoms with Gasteiger partial charge >= 0.3 is 0 Å². The zero-order valence-electron chi connectivity index (χ0n) is 13.4. The van der Waals surface area contributed by atoms with Gasteiger partial charge in [-0.05, 0) is 37.9 Å². The summed E-state index contributed by atoms with van der Waals surface area (Å²) in [4.78, 5) is 14.5. The Morgan fingerprint density at radius 3 is 2.36 bits per heavy atom. The topological polar surface area (TPSA) is 64.8 Å². The summed E-state index contributed by atoms with van der Waals surface area (Å²) >= 11 is 0. The van der Waals surface area contributed by atoms with E-state index in [0.717, 1.165) is 18.5 Å². The lowest BCUT2D eigenvalue weighted by Crippen LogP contribution is -2.35. The van der Waals surface area contributed by atoms with Crippen LogP contribution in [0.2, 0.25) is 0 Å². The highest BCUT2D eigenvalue weighted by Crippen LogP contribution is 2.30. The molecule has 0 aromatic heterocycles. The molecule has 1 heterocycles. The van der Waals surface area contributed by atoms with Crippen molar-refractivity contribution < 1.29 is 14.3 Å². The number of likely N-dealkylation sites (tertiary alicyclic amines) is 1. The van der Waals surface area contributed by atoms with Gasteiger partial charge in [0.25, 0.3) is 0 Å². The molecule has 5 nitrogen and oxygen atoms in total. The van der Waals surface area contributed by atoms with E-state index in [0.29, 0.717) is 24.0 Å². The van der Waals surface area contributed by atoms with Crippen LogP contribution in [-0.4, -0.2) is 44.2 Å². The number of hydrogen-bond donors (Lipinski definition) is 1. The summed E-state index contributed by atoms with van der Waals surface area (Å²) < 4.78 is 10.7. The first-order valence-corrected chi connectivity index (χ1v) is 7.30. The maximum Gasteiger partial charge on any atom is 0.227 e. The molecule has 2 N–H and O–H groups in total. The maximum absolute atomic E-state index is 12.6. The third-order valence-electron chi connectivity index (χ3n) is 4.17. The monoisotopic (exact) mass is 328 g/mol. The van der Waals surface area contributed by atoms with E-state index in [9.17, 15) is 4.79 Å². The van der Waals surface area contributed by atoms with Crippen molar-refractivity contribution in [3.8, 4) is 11.5 Å². The van der Waals surface area contributed by atoms with Crippen LogP contribution in [0.4, 0.5) is 0 Å². The third-order valence-corrected chi connectivity index (χ3v) is 4.17. The van der Waals surface area contributed by atoms with E-state index >= 15 is 0 Å². The van der Waals surface area contributed by atoms with Crippen LogP contribution in [0.25, 0.3) is 0 Å². The first-order valence-electron chi connectivity index (χ1n) is 7.30. The van der Waals surface area contributed by atoms with Gasteiger partial charge in [-0.3, -0.25) is 4.79 Å². The number of ether oxygens (including phenoxy) is 2. The number of nitrogens with zero attached hydrogens (tertiary/aromatic N) is 1. The summed E-state index contributed by atoms with van der Waals surface area (Å²) in [6.07, 6.45) is 1.26. The molecular weight excluding hydrogens is 304 g/mol. The number of hydrogen-bond acceptors (Lipinski definition) is 4. The Morgan fingerprint density at radius 1 is 1.32 bits per heavy atom. The minimum absolute atomic E-state index is 0. The highest BCUT2D eigenvalue weighted by atomic mass is 35.5. The Labute approximate surface area is 138 Å². The minimum Gasteiger partial charge on any atom is -0.496 e. The fraction of sp³-hybridized carbons (Fsp3) is 0.562. The van der Waals surface area contributed by atoms with Crippen LogP contribution in [-0.2, 0) is 11.2 Å². The molecule has 1 amide bonds. The van der Waals surface area contributed by atoms with E-state index < -0.39 is 0 Å². The Balaban J connectivity index is 0.00000242. The molecule has 1 aromatic rings. The van der Waals surface area contributed by atoms with Crippen molar-refractivity contribution >= 4 is 18.3 Å². The lowest BCUT2D eigenvalue weighted by atomic mass is 10.1. The SMILES string of the molecule is COc1cccc(OC)c1CC(=O)N1CC(CN)CC1C.Cl. The number of carbonyl (C=O) groups is 1. The number of nitrogens with two attached hydrogens (primary N) is 1. The van der Waals surface area contributed by atoms with Gasteiger partial charge in [0, 0.05) is 18.2 Å². The molecule has 0 bridgehead atoms. The molecule has 1 aromatic carbocycles. The predicted octanol–water partition coefficient (Wildman–Crippen LogP) is 1.86. The summed E-state index contributed by atoms with van der Waals surface area (Å²) in [5.41, 5.74) is 6.53. The third kappa shape index (κ3) is 3.84. The van der Waals surface area contributed by atoms with Gasteiger partial charge in [-0.25, -0.2) is 0 Å². The number of halogens is 1. The second-order valence-corrected chi connectivity index (χ2v) is 5.55. The summed E-state index contributed by atoms with van der Waals surface area (Å²) in [6.45, 7) is 3.45. The zero-order chi connectivity index (χ0) is 15.4. The number of methoxy groups -OCH3 is 2. The van der Waals surface area contributed by atoms with E-state index in [1.54, 1.807) is 14.2 Å². The van der Waals surface area contributed by atoms with E-state index in [1.807, 2.05) is 23.1 Å². The quantitative estimate of drug-likeness (QED) is 0.896. The van der Waals surface area contributed by atoms with Gasteiger partial charge in [-0.15, -0.1) is 12.4 Å². The normalized spacial score (nSPS) is 20.5. The molecule has 0 aliphatic carbocycles. The van der Waals surface area contributed by atoms with Crippen LogP contribution in [0, 0.1) is 5.92 Å². The fourth-order valence-electron chi connectivity index (χ4n) is 3.02. The summed E-state index contributed by atoms with van der Waals surface area (Å²) in [7, 11) is 3.21. The molecule has 2 atom stereocenters. The van der Waals surface area contributed by atoms with Gasteiger partial charge in [-0.2, -0.15) is 0 Å². The molecule has 1 aliphatic heterocycles. The summed E-state index contributed by atoms with van der Waals surface area (Å²) in [6, 6.07) is 5.79. The number of carbonyl (C=O) groups excluding carboxylic acids is 1. The van der Waals surface area contributed by atoms with Crippen LogP contribution < -0.4 is 15.2 Å². The second kappa shape index (κ2) is 8.25. The van der Waals surface area contributed by atoms with Crippen LogP contribution in [0.1, 0.15) is 18.9 Å². The zero-order valence-corrected chi connectivity index (χ0v) is 14.2. The molecule has 6 heteroatoms. The fourth-order valence-corrected chi connectivity index (χ4v) is 3.02. The van der Waals surface area contributed by atoms with Crippen LogP contribution in [0.15, 0.2) is 18.2 Å². The molecule has 1 fully saturated rings. The van der Waals surface area contributed by atoms with Crippen molar-refractivity contribution in [2.75, 3.05) is 27.3 Å².